The van der Waals surface area contributed by atoms with E-state index in [9.17, 15) is 14.9 Å². The molecule has 1 N–H and O–H groups in total. The van der Waals surface area contributed by atoms with Crippen LogP contribution in [0.25, 0.3) is 6.08 Å². The number of carbonyl (C=O) groups excluding carboxylic acids is 1. The zero-order valence-electron chi connectivity index (χ0n) is 17.6. The second-order valence-corrected chi connectivity index (χ2v) is 8.24. The molecule has 2 aromatic rings. The lowest BCUT2D eigenvalue weighted by Crippen LogP contribution is -2.51. The molecule has 11 heteroatoms. The Bertz CT molecular complexity index is 1140. The molecular formula is C22H21N5O5S. The van der Waals surface area contributed by atoms with Crippen LogP contribution in [-0.2, 0) is 4.79 Å². The second-order valence-electron chi connectivity index (χ2n) is 7.85. The molecule has 2 aromatic carbocycles. The monoisotopic (exact) mass is 467 g/mol. The molecule has 2 saturated heterocycles. The van der Waals surface area contributed by atoms with Crippen molar-refractivity contribution in [2.75, 3.05) is 44.5 Å². The first-order valence-electron chi connectivity index (χ1n) is 10.4. The van der Waals surface area contributed by atoms with Crippen LogP contribution in [0.1, 0.15) is 5.56 Å². The third-order valence-corrected chi connectivity index (χ3v) is 6.13. The Morgan fingerprint density at radius 1 is 1.06 bits per heavy atom. The molecule has 170 valence electrons. The number of carbonyl (C=O) groups is 1. The lowest BCUT2D eigenvalue weighted by molar-refractivity contribution is -0.384. The van der Waals surface area contributed by atoms with Crippen LogP contribution in [0.5, 0.6) is 11.5 Å². The summed E-state index contributed by atoms with van der Waals surface area (Å²) in [5.74, 6) is 1.17. The Hall–Kier alpha value is -3.70. The maximum Gasteiger partial charge on any atom is 0.277 e. The second kappa shape index (κ2) is 8.68. The minimum absolute atomic E-state index is 0.0792. The van der Waals surface area contributed by atoms with Gasteiger partial charge in [0, 0.05) is 44.0 Å². The van der Waals surface area contributed by atoms with Gasteiger partial charge in [-0.25, -0.2) is 0 Å². The summed E-state index contributed by atoms with van der Waals surface area (Å²) in [6.07, 6.45) is 1.75. The van der Waals surface area contributed by atoms with E-state index in [1.165, 1.54) is 12.1 Å². The molecule has 0 bridgehead atoms. The van der Waals surface area contributed by atoms with Crippen LogP contribution in [0.15, 0.2) is 48.2 Å². The number of nitrogens with one attached hydrogen (secondary N) is 1. The van der Waals surface area contributed by atoms with Gasteiger partial charge in [0.2, 0.25) is 6.79 Å². The highest BCUT2D eigenvalue weighted by Crippen LogP contribution is 2.33. The number of non-ortho nitro benzene ring substituents is 1. The number of fused-ring (bicyclic) bond motifs is 1. The van der Waals surface area contributed by atoms with Gasteiger partial charge in [0.1, 0.15) is 5.70 Å². The van der Waals surface area contributed by atoms with E-state index in [4.69, 9.17) is 21.7 Å². The maximum absolute atomic E-state index is 13.0. The fourth-order valence-corrected chi connectivity index (χ4v) is 4.25. The molecule has 33 heavy (non-hydrogen) atoms. The fraction of sp³-hybridized carbons (Fsp3) is 0.273. The zero-order valence-corrected chi connectivity index (χ0v) is 18.4. The first-order valence-corrected chi connectivity index (χ1v) is 10.8. The lowest BCUT2D eigenvalue weighted by atomic mass is 10.1. The summed E-state index contributed by atoms with van der Waals surface area (Å²) in [6, 6.07) is 12.1. The smallest absolute Gasteiger partial charge is 0.277 e. The molecule has 1 amide bonds. The van der Waals surface area contributed by atoms with Crippen molar-refractivity contribution in [3.05, 3.63) is 63.8 Å². The molecule has 0 aromatic heterocycles. The summed E-state index contributed by atoms with van der Waals surface area (Å²) < 4.78 is 10.7. The molecular weight excluding hydrogens is 446 g/mol. The molecule has 3 aliphatic rings. The molecule has 3 aliphatic heterocycles. The number of piperazine rings is 1. The number of hydrogen-bond acceptors (Lipinski definition) is 8. The van der Waals surface area contributed by atoms with Gasteiger partial charge in [0.25, 0.3) is 11.6 Å². The molecule has 0 spiro atoms. The molecule has 0 unspecified atom stereocenters. The van der Waals surface area contributed by atoms with Gasteiger partial charge < -0.3 is 19.7 Å². The number of hydrogen-bond donors (Lipinski definition) is 1. The van der Waals surface area contributed by atoms with Crippen LogP contribution in [0.3, 0.4) is 0 Å². The van der Waals surface area contributed by atoms with E-state index >= 15 is 0 Å². The van der Waals surface area contributed by atoms with Crippen molar-refractivity contribution in [2.45, 2.75) is 0 Å². The largest absolute Gasteiger partial charge is 0.454 e. The Morgan fingerprint density at radius 3 is 2.52 bits per heavy atom. The average Bonchev–Trinajstić information content (AvgIpc) is 3.39. The third kappa shape index (κ3) is 4.32. The molecule has 0 atom stereocenters. The molecule has 2 fully saturated rings. The van der Waals surface area contributed by atoms with E-state index < -0.39 is 4.92 Å². The van der Waals surface area contributed by atoms with Crippen LogP contribution in [0.4, 0.5) is 11.4 Å². The first kappa shape index (κ1) is 21.2. The molecule has 0 aliphatic carbocycles. The number of nitro groups is 1. The van der Waals surface area contributed by atoms with Crippen LogP contribution in [0.2, 0.25) is 0 Å². The summed E-state index contributed by atoms with van der Waals surface area (Å²) in [7, 11) is 0. The van der Waals surface area contributed by atoms with Crippen molar-refractivity contribution in [3.8, 4) is 11.5 Å². The minimum Gasteiger partial charge on any atom is -0.454 e. The van der Waals surface area contributed by atoms with Crippen molar-refractivity contribution >= 4 is 40.7 Å². The third-order valence-electron chi connectivity index (χ3n) is 5.81. The van der Waals surface area contributed by atoms with Crippen molar-refractivity contribution in [2.24, 2.45) is 0 Å². The number of amides is 1. The summed E-state index contributed by atoms with van der Waals surface area (Å²) in [6.45, 7) is 3.58. The van der Waals surface area contributed by atoms with Gasteiger partial charge in [-0.1, -0.05) is 6.07 Å². The maximum atomic E-state index is 13.0. The lowest BCUT2D eigenvalue weighted by Gasteiger charge is -2.37. The number of ether oxygens (including phenoxy) is 2. The van der Waals surface area contributed by atoms with E-state index in [1.54, 1.807) is 23.1 Å². The zero-order chi connectivity index (χ0) is 22.9. The normalized spacial score (nSPS) is 19.3. The highest BCUT2D eigenvalue weighted by molar-refractivity contribution is 7.80. The van der Waals surface area contributed by atoms with Crippen LogP contribution in [-0.4, -0.2) is 65.4 Å². The van der Waals surface area contributed by atoms with E-state index in [1.807, 2.05) is 18.2 Å². The number of thiocarbonyl (C=S) groups is 1. The van der Waals surface area contributed by atoms with Crippen molar-refractivity contribution in [1.82, 2.24) is 15.1 Å². The fourth-order valence-electron chi connectivity index (χ4n) is 4.00. The van der Waals surface area contributed by atoms with Gasteiger partial charge in [-0.3, -0.25) is 24.7 Å². The molecule has 10 nitrogen and oxygen atoms in total. The molecule has 0 radical (unpaired) electrons. The Balaban J connectivity index is 1.19. The summed E-state index contributed by atoms with van der Waals surface area (Å²) in [5, 5.41) is 14.2. The number of nitro benzene ring substituents is 1. The van der Waals surface area contributed by atoms with E-state index in [0.717, 1.165) is 37.4 Å². The van der Waals surface area contributed by atoms with Crippen molar-refractivity contribution in [3.63, 3.8) is 0 Å². The number of rotatable bonds is 5. The average molecular weight is 468 g/mol. The molecule has 5 rings (SSSR count). The SMILES string of the molecule is O=C1/C(=C/c2ccc3c(c2)OCO3)NC(=S)N1CN1CCN(c2ccc([N+](=O)[O-])cc2)CC1. The highest BCUT2D eigenvalue weighted by Gasteiger charge is 2.32. The highest BCUT2D eigenvalue weighted by atomic mass is 32.1. The minimum atomic E-state index is -0.402. The summed E-state index contributed by atoms with van der Waals surface area (Å²) in [4.78, 5) is 29.3. The first-order chi connectivity index (χ1) is 16.0. The van der Waals surface area contributed by atoms with Gasteiger partial charge >= 0.3 is 0 Å². The van der Waals surface area contributed by atoms with Crippen LogP contribution >= 0.6 is 12.2 Å². The van der Waals surface area contributed by atoms with E-state index in [2.05, 4.69) is 15.1 Å². The summed E-state index contributed by atoms with van der Waals surface area (Å²) >= 11 is 5.41. The number of benzene rings is 2. The van der Waals surface area contributed by atoms with Crippen molar-refractivity contribution < 1.29 is 19.2 Å². The quantitative estimate of drug-likeness (QED) is 0.307. The number of nitrogens with zero attached hydrogens (tertiary/aromatic N) is 4. The summed E-state index contributed by atoms with van der Waals surface area (Å²) in [5.41, 5.74) is 2.26. The Labute approximate surface area is 195 Å². The standard InChI is InChI=1S/C22H21N5O5S/c28-21-18(11-15-1-6-19-20(12-15)32-14-31-19)23-22(33)26(21)13-24-7-9-25(10-8-24)16-2-4-17(5-3-16)27(29)30/h1-6,11-12H,7-10,13-14H2,(H,23,33)/b18-11-. The van der Waals surface area contributed by atoms with Gasteiger partial charge in [0.05, 0.1) is 11.6 Å². The Morgan fingerprint density at radius 2 is 1.79 bits per heavy atom. The molecule has 3 heterocycles. The topological polar surface area (TPSA) is 100 Å². The van der Waals surface area contributed by atoms with Crippen molar-refractivity contribution in [1.29, 1.82) is 0 Å². The van der Waals surface area contributed by atoms with E-state index in [0.29, 0.717) is 29.0 Å². The molecule has 0 saturated carbocycles. The predicted octanol–water partition coefficient (Wildman–Crippen LogP) is 2.16. The van der Waals surface area contributed by atoms with Gasteiger partial charge in [-0.05, 0) is 48.1 Å². The predicted molar refractivity (Wildman–Crippen MR) is 125 cm³/mol. The van der Waals surface area contributed by atoms with E-state index in [-0.39, 0.29) is 18.4 Å². The van der Waals surface area contributed by atoms with Crippen LogP contribution in [0, 0.1) is 10.1 Å². The van der Waals surface area contributed by atoms with Gasteiger partial charge in [-0.15, -0.1) is 0 Å². The number of anilines is 1. The van der Waals surface area contributed by atoms with Gasteiger partial charge in [0.15, 0.2) is 16.6 Å². The van der Waals surface area contributed by atoms with Gasteiger partial charge in [-0.2, -0.15) is 0 Å². The van der Waals surface area contributed by atoms with Crippen LogP contribution < -0.4 is 19.7 Å². The Kier molecular flexibility index (Phi) is 5.56.